The molecule has 0 saturated carbocycles. The summed E-state index contributed by atoms with van der Waals surface area (Å²) in [7, 11) is 0. The highest BCUT2D eigenvalue weighted by atomic mass is 35.5. The van der Waals surface area contributed by atoms with Gasteiger partial charge in [-0.2, -0.15) is 0 Å². The molecular formula is C12H10ClFN4O. The minimum absolute atomic E-state index is 0.0219. The first-order valence-electron chi connectivity index (χ1n) is 5.33. The van der Waals surface area contributed by atoms with Crippen LogP contribution in [0.2, 0.25) is 5.15 Å². The Kier molecular flexibility index (Phi) is 3.62. The SMILES string of the molecule is Cc1cc(Cl)nc(NC(=O)c2ccc(N)c(F)c2)n1. The molecule has 1 heterocycles. The average Bonchev–Trinajstić information content (AvgIpc) is 2.31. The summed E-state index contributed by atoms with van der Waals surface area (Å²) in [5.41, 5.74) is 6.04. The largest absolute Gasteiger partial charge is 0.396 e. The maximum Gasteiger partial charge on any atom is 0.258 e. The molecule has 0 fully saturated rings. The van der Waals surface area contributed by atoms with Crippen molar-refractivity contribution in [3.63, 3.8) is 0 Å². The Morgan fingerprint density at radius 2 is 2.11 bits per heavy atom. The third-order valence-corrected chi connectivity index (χ3v) is 2.50. The number of anilines is 2. The van der Waals surface area contributed by atoms with Gasteiger partial charge in [0.2, 0.25) is 5.95 Å². The third-order valence-electron chi connectivity index (χ3n) is 2.31. The van der Waals surface area contributed by atoms with Gasteiger partial charge in [0.15, 0.2) is 0 Å². The van der Waals surface area contributed by atoms with Gasteiger partial charge < -0.3 is 5.73 Å². The molecule has 0 atom stereocenters. The quantitative estimate of drug-likeness (QED) is 0.654. The Bertz CT molecular complexity index is 627. The van der Waals surface area contributed by atoms with E-state index in [1.807, 2.05) is 0 Å². The first-order valence-corrected chi connectivity index (χ1v) is 5.71. The van der Waals surface area contributed by atoms with Crippen molar-refractivity contribution >= 4 is 29.1 Å². The van der Waals surface area contributed by atoms with Gasteiger partial charge in [-0.1, -0.05) is 11.6 Å². The van der Waals surface area contributed by atoms with Gasteiger partial charge in [-0.15, -0.1) is 0 Å². The molecule has 0 radical (unpaired) electrons. The summed E-state index contributed by atoms with van der Waals surface area (Å²) in [4.78, 5) is 19.7. The van der Waals surface area contributed by atoms with Crippen LogP contribution in [0, 0.1) is 12.7 Å². The van der Waals surface area contributed by atoms with E-state index in [2.05, 4.69) is 15.3 Å². The number of hydrogen-bond donors (Lipinski definition) is 2. The molecule has 0 aliphatic heterocycles. The van der Waals surface area contributed by atoms with E-state index in [-0.39, 0.29) is 22.4 Å². The molecule has 0 spiro atoms. The molecule has 0 aliphatic rings. The van der Waals surface area contributed by atoms with Crippen molar-refractivity contribution in [3.05, 3.63) is 46.5 Å². The molecule has 2 rings (SSSR count). The van der Waals surface area contributed by atoms with Gasteiger partial charge in [0.05, 0.1) is 5.69 Å². The third kappa shape index (κ3) is 3.17. The number of hydrogen-bond acceptors (Lipinski definition) is 4. The highest BCUT2D eigenvalue weighted by Gasteiger charge is 2.11. The standard InChI is InChI=1S/C12H10ClFN4O/c1-6-4-10(13)17-12(16-6)18-11(19)7-2-3-9(15)8(14)5-7/h2-5H,15H2,1H3,(H,16,17,18,19). The lowest BCUT2D eigenvalue weighted by molar-refractivity contribution is 0.102. The van der Waals surface area contributed by atoms with E-state index < -0.39 is 11.7 Å². The maximum atomic E-state index is 13.2. The predicted octanol–water partition coefficient (Wildman–Crippen LogP) is 2.41. The number of rotatable bonds is 2. The Morgan fingerprint density at radius 3 is 2.74 bits per heavy atom. The summed E-state index contributed by atoms with van der Waals surface area (Å²) in [5.74, 6) is -1.14. The molecule has 5 nitrogen and oxygen atoms in total. The summed E-state index contributed by atoms with van der Waals surface area (Å²) < 4.78 is 13.2. The lowest BCUT2D eigenvalue weighted by Crippen LogP contribution is -2.15. The monoisotopic (exact) mass is 280 g/mol. The smallest absolute Gasteiger partial charge is 0.258 e. The summed E-state index contributed by atoms with van der Waals surface area (Å²) in [6.07, 6.45) is 0. The molecule has 2 aromatic rings. The second-order valence-electron chi connectivity index (χ2n) is 3.85. The van der Waals surface area contributed by atoms with Crippen LogP contribution in [0.5, 0.6) is 0 Å². The number of carbonyl (C=O) groups is 1. The Labute approximate surface area is 113 Å². The lowest BCUT2D eigenvalue weighted by Gasteiger charge is -2.05. The van der Waals surface area contributed by atoms with Gasteiger partial charge in [0, 0.05) is 11.3 Å². The zero-order valence-corrected chi connectivity index (χ0v) is 10.7. The van der Waals surface area contributed by atoms with Gasteiger partial charge in [-0.3, -0.25) is 10.1 Å². The summed E-state index contributed by atoms with van der Waals surface area (Å²) >= 11 is 5.75. The number of nitrogens with zero attached hydrogens (tertiary/aromatic N) is 2. The number of amides is 1. The number of aryl methyl sites for hydroxylation is 1. The number of halogens is 2. The van der Waals surface area contributed by atoms with Gasteiger partial charge in [0.1, 0.15) is 11.0 Å². The number of aromatic nitrogens is 2. The van der Waals surface area contributed by atoms with Crippen molar-refractivity contribution in [2.75, 3.05) is 11.1 Å². The molecule has 0 saturated heterocycles. The predicted molar refractivity (Wildman–Crippen MR) is 70.5 cm³/mol. The molecular weight excluding hydrogens is 271 g/mol. The molecule has 0 bridgehead atoms. The van der Waals surface area contributed by atoms with E-state index in [1.54, 1.807) is 13.0 Å². The maximum absolute atomic E-state index is 13.2. The normalized spacial score (nSPS) is 10.3. The molecule has 0 unspecified atom stereocenters. The summed E-state index contributed by atoms with van der Waals surface area (Å²) in [6, 6.07) is 5.32. The van der Waals surface area contributed by atoms with Gasteiger partial charge in [-0.05, 0) is 31.2 Å². The van der Waals surface area contributed by atoms with Crippen LogP contribution in [0.4, 0.5) is 16.0 Å². The van der Waals surface area contributed by atoms with E-state index in [0.717, 1.165) is 6.07 Å². The molecule has 1 aromatic heterocycles. The molecule has 1 amide bonds. The van der Waals surface area contributed by atoms with Crippen molar-refractivity contribution in [3.8, 4) is 0 Å². The molecule has 3 N–H and O–H groups in total. The molecule has 0 aliphatic carbocycles. The topological polar surface area (TPSA) is 80.9 Å². The molecule has 7 heteroatoms. The Hall–Kier alpha value is -2.21. The van der Waals surface area contributed by atoms with Gasteiger partial charge in [0.25, 0.3) is 5.91 Å². The van der Waals surface area contributed by atoms with E-state index in [4.69, 9.17) is 17.3 Å². The average molecular weight is 281 g/mol. The molecule has 1 aromatic carbocycles. The number of benzene rings is 1. The van der Waals surface area contributed by atoms with Crippen LogP contribution in [0.25, 0.3) is 0 Å². The minimum atomic E-state index is -0.657. The van der Waals surface area contributed by atoms with E-state index >= 15 is 0 Å². The fourth-order valence-electron chi connectivity index (χ4n) is 1.43. The van der Waals surface area contributed by atoms with E-state index in [9.17, 15) is 9.18 Å². The van der Waals surface area contributed by atoms with E-state index in [1.165, 1.54) is 12.1 Å². The number of nitrogen functional groups attached to an aromatic ring is 1. The molecule has 19 heavy (non-hydrogen) atoms. The lowest BCUT2D eigenvalue weighted by atomic mass is 10.2. The van der Waals surface area contributed by atoms with Crippen LogP contribution in [0.1, 0.15) is 16.1 Å². The van der Waals surface area contributed by atoms with Crippen molar-refractivity contribution in [1.29, 1.82) is 0 Å². The highest BCUT2D eigenvalue weighted by Crippen LogP contribution is 2.14. The fourth-order valence-corrected chi connectivity index (χ4v) is 1.67. The van der Waals surface area contributed by atoms with Gasteiger partial charge >= 0.3 is 0 Å². The van der Waals surface area contributed by atoms with Crippen molar-refractivity contribution in [2.45, 2.75) is 6.92 Å². The van der Waals surface area contributed by atoms with Gasteiger partial charge in [-0.25, -0.2) is 14.4 Å². The van der Waals surface area contributed by atoms with Crippen LogP contribution < -0.4 is 11.1 Å². The second kappa shape index (κ2) is 5.19. The second-order valence-corrected chi connectivity index (χ2v) is 4.23. The van der Waals surface area contributed by atoms with Crippen LogP contribution in [-0.4, -0.2) is 15.9 Å². The number of nitrogens with two attached hydrogens (primary N) is 1. The van der Waals surface area contributed by atoms with E-state index in [0.29, 0.717) is 5.69 Å². The minimum Gasteiger partial charge on any atom is -0.396 e. The number of carbonyl (C=O) groups excluding carboxylic acids is 1. The zero-order valence-electron chi connectivity index (χ0n) is 9.95. The zero-order chi connectivity index (χ0) is 14.0. The first-order chi connectivity index (χ1) is 8.95. The van der Waals surface area contributed by atoms with Crippen molar-refractivity contribution in [2.24, 2.45) is 0 Å². The highest BCUT2D eigenvalue weighted by molar-refractivity contribution is 6.29. The molecule has 98 valence electrons. The Balaban J connectivity index is 2.22. The number of nitrogens with one attached hydrogen (secondary N) is 1. The van der Waals surface area contributed by atoms with Crippen LogP contribution in [-0.2, 0) is 0 Å². The first kappa shape index (κ1) is 13.2. The van der Waals surface area contributed by atoms with Crippen LogP contribution >= 0.6 is 11.6 Å². The summed E-state index contributed by atoms with van der Waals surface area (Å²) in [5, 5.41) is 2.65. The fraction of sp³-hybridized carbons (Fsp3) is 0.0833. The van der Waals surface area contributed by atoms with Crippen molar-refractivity contribution in [1.82, 2.24) is 9.97 Å². The summed E-state index contributed by atoms with van der Waals surface area (Å²) in [6.45, 7) is 1.71. The van der Waals surface area contributed by atoms with Crippen molar-refractivity contribution < 1.29 is 9.18 Å². The Morgan fingerprint density at radius 1 is 1.37 bits per heavy atom. The van der Waals surface area contributed by atoms with Crippen LogP contribution in [0.15, 0.2) is 24.3 Å². The van der Waals surface area contributed by atoms with Crippen LogP contribution in [0.3, 0.4) is 0 Å².